The number of carbonyl (C=O) groups excluding carboxylic acids is 1. The number of nitrogens with one attached hydrogen (secondary N) is 3. The molecule has 0 aromatic heterocycles. The van der Waals surface area contributed by atoms with E-state index in [0.29, 0.717) is 17.9 Å². The molecule has 17 heteroatoms. The quantitative estimate of drug-likeness (QED) is 0.234. The molecule has 4 N–H and O–H groups in total. The van der Waals surface area contributed by atoms with Crippen LogP contribution >= 0.6 is 0 Å². The summed E-state index contributed by atoms with van der Waals surface area (Å²) in [6.07, 6.45) is -3.38. The van der Waals surface area contributed by atoms with E-state index in [1.54, 1.807) is 24.3 Å². The normalized spacial score (nSPS) is 19.5. The van der Waals surface area contributed by atoms with Crippen molar-refractivity contribution in [2.24, 2.45) is 4.99 Å². The van der Waals surface area contributed by atoms with Crippen molar-refractivity contribution in [1.29, 1.82) is 0 Å². The molecule has 47 heavy (non-hydrogen) atoms. The first-order chi connectivity index (χ1) is 22.0. The van der Waals surface area contributed by atoms with Gasteiger partial charge in [-0.15, -0.1) is 0 Å². The van der Waals surface area contributed by atoms with Gasteiger partial charge in [0.05, 0.1) is 23.9 Å². The molecule has 1 saturated heterocycles. The Morgan fingerprint density at radius 3 is 2.26 bits per heavy atom. The number of amides is 1. The van der Waals surface area contributed by atoms with E-state index in [0.717, 1.165) is 24.5 Å². The van der Waals surface area contributed by atoms with Crippen molar-refractivity contribution >= 4 is 37.8 Å². The second-order valence-corrected chi connectivity index (χ2v) is 14.3. The van der Waals surface area contributed by atoms with Gasteiger partial charge in [0, 0.05) is 6.04 Å². The molecule has 0 aliphatic carbocycles. The Kier molecular flexibility index (Phi) is 11.0. The van der Waals surface area contributed by atoms with E-state index in [2.05, 4.69) is 27.2 Å². The number of aryl methyl sites for hydroxylation is 1. The lowest BCUT2D eigenvalue weighted by Crippen LogP contribution is -2.48. The summed E-state index contributed by atoms with van der Waals surface area (Å²) in [5.41, 5.74) is 2.39. The van der Waals surface area contributed by atoms with Crippen LogP contribution in [0.4, 0.5) is 17.6 Å². The Morgan fingerprint density at radius 1 is 1.02 bits per heavy atom. The highest BCUT2D eigenvalue weighted by atomic mass is 32.2. The van der Waals surface area contributed by atoms with Gasteiger partial charge in [-0.2, -0.15) is 13.2 Å². The van der Waals surface area contributed by atoms with Crippen LogP contribution in [0, 0.1) is 5.82 Å². The number of amidine groups is 1. The van der Waals surface area contributed by atoms with Crippen molar-refractivity contribution < 1.29 is 49.1 Å². The van der Waals surface area contributed by atoms with Crippen molar-refractivity contribution in [3.05, 3.63) is 101 Å². The predicted octanol–water partition coefficient (Wildman–Crippen LogP) is 3.24. The van der Waals surface area contributed by atoms with E-state index in [9.17, 15) is 39.2 Å². The third kappa shape index (κ3) is 9.82. The minimum absolute atomic E-state index is 0.0244. The number of nitrogens with zero attached hydrogens (tertiary/aromatic N) is 1. The lowest BCUT2D eigenvalue weighted by atomic mass is 10.0. The number of sulfonamides is 2. The summed E-state index contributed by atoms with van der Waals surface area (Å²) >= 11 is 0. The Labute approximate surface area is 268 Å². The van der Waals surface area contributed by atoms with Crippen LogP contribution in [0.5, 0.6) is 0 Å². The van der Waals surface area contributed by atoms with Gasteiger partial charge in [-0.25, -0.2) is 30.7 Å². The number of aliphatic carboxylic acids is 1. The molecule has 2 unspecified atom stereocenters. The van der Waals surface area contributed by atoms with Crippen LogP contribution in [0.3, 0.4) is 0 Å². The summed E-state index contributed by atoms with van der Waals surface area (Å²) < 4.78 is 101. The van der Waals surface area contributed by atoms with Gasteiger partial charge in [0.15, 0.2) is 0 Å². The molecule has 3 aromatic rings. The fraction of sp³-hybridized carbons (Fsp3) is 0.300. The van der Waals surface area contributed by atoms with Gasteiger partial charge in [-0.1, -0.05) is 60.7 Å². The van der Waals surface area contributed by atoms with Crippen LogP contribution in [0.15, 0.2) is 88.8 Å². The van der Waals surface area contributed by atoms with E-state index >= 15 is 0 Å². The minimum Gasteiger partial charge on any atom is -0.475 e. The van der Waals surface area contributed by atoms with Gasteiger partial charge < -0.3 is 10.4 Å². The molecule has 252 valence electrons. The molecule has 3 aromatic carbocycles. The lowest BCUT2D eigenvalue weighted by molar-refractivity contribution is -0.192. The first-order valence-corrected chi connectivity index (χ1v) is 17.1. The molecule has 11 nitrogen and oxygen atoms in total. The number of hydrogen-bond acceptors (Lipinski definition) is 8. The van der Waals surface area contributed by atoms with Crippen molar-refractivity contribution in [3.8, 4) is 0 Å². The molecule has 0 bridgehead atoms. The van der Waals surface area contributed by atoms with E-state index in [4.69, 9.17) is 9.90 Å². The van der Waals surface area contributed by atoms with Crippen LogP contribution < -0.4 is 14.8 Å². The number of carboxylic acid groups (broad SMARTS) is 1. The van der Waals surface area contributed by atoms with Gasteiger partial charge in [0.25, 0.3) is 0 Å². The van der Waals surface area contributed by atoms with Crippen LogP contribution in [-0.2, 0) is 42.5 Å². The number of halogens is 4. The maximum atomic E-state index is 13.8. The summed E-state index contributed by atoms with van der Waals surface area (Å²) in [6, 6.07) is 20.7. The predicted molar refractivity (Wildman–Crippen MR) is 163 cm³/mol. The van der Waals surface area contributed by atoms with Gasteiger partial charge in [-0.05, 0) is 54.2 Å². The highest BCUT2D eigenvalue weighted by molar-refractivity contribution is 7.90. The molecule has 0 saturated carbocycles. The largest absolute Gasteiger partial charge is 0.490 e. The third-order valence-corrected chi connectivity index (χ3v) is 10.4. The first kappa shape index (κ1) is 35.5. The fourth-order valence-corrected chi connectivity index (χ4v) is 7.56. The maximum absolute atomic E-state index is 13.8. The highest BCUT2D eigenvalue weighted by Gasteiger charge is 2.39. The van der Waals surface area contributed by atoms with Crippen molar-refractivity contribution in [2.75, 3.05) is 6.54 Å². The second-order valence-electron chi connectivity index (χ2n) is 10.7. The first-order valence-electron chi connectivity index (χ1n) is 14.1. The van der Waals surface area contributed by atoms with E-state index in [1.807, 2.05) is 22.9 Å². The van der Waals surface area contributed by atoms with Crippen LogP contribution in [-0.4, -0.2) is 64.5 Å². The van der Waals surface area contributed by atoms with Crippen LogP contribution in [0.25, 0.3) is 0 Å². The zero-order valence-electron chi connectivity index (χ0n) is 24.4. The standard InChI is InChI=1S/C28H29FN4O5S2.C2HF3O2/c29-22-7-4-8-24(16-22)39(35,36)32-25(28-30-18-23(31-28)14-11-19-5-2-1-3-6-19)15-20-9-12-21(13-10-20)26-17-27(34)33-40(26,37)38;3-2(4,5)1(6)7/h1-10,12-13,16,23,25-26,32H,11,14-15,17-18H2,(H,30,31)(H,33,34);(H,6,7)/t23-,25?,26?;/m1./s1. The Morgan fingerprint density at radius 2 is 1.68 bits per heavy atom. The number of carboxylic acids is 1. The van der Waals surface area contributed by atoms with E-state index in [1.165, 1.54) is 23.8 Å². The van der Waals surface area contributed by atoms with Crippen molar-refractivity contribution in [3.63, 3.8) is 0 Å². The average molecular weight is 699 g/mol. The Bertz CT molecular complexity index is 1840. The molecule has 0 spiro atoms. The number of benzene rings is 3. The SMILES string of the molecule is O=C(O)C(F)(F)F.O=C1CC(c2ccc(CC(NS(=O)(=O)c3cccc(F)c3)C3=NC[C@@H](CCc4ccccc4)N3)cc2)S(=O)(=O)N1. The van der Waals surface area contributed by atoms with Crippen molar-refractivity contribution in [1.82, 2.24) is 14.8 Å². The molecule has 1 amide bonds. The average Bonchev–Trinajstić information content (AvgIpc) is 3.59. The third-order valence-electron chi connectivity index (χ3n) is 7.23. The molecule has 3 atom stereocenters. The molecule has 2 aliphatic rings. The highest BCUT2D eigenvalue weighted by Crippen LogP contribution is 2.30. The monoisotopic (exact) mass is 698 g/mol. The van der Waals surface area contributed by atoms with Gasteiger partial charge in [0.2, 0.25) is 26.0 Å². The van der Waals surface area contributed by atoms with Crippen molar-refractivity contribution in [2.45, 2.75) is 54.1 Å². The summed E-state index contributed by atoms with van der Waals surface area (Å²) in [6.45, 7) is 0.486. The Hall–Kier alpha value is -4.35. The summed E-state index contributed by atoms with van der Waals surface area (Å²) in [5.74, 6) is -3.49. The van der Waals surface area contributed by atoms with Gasteiger partial charge >= 0.3 is 12.1 Å². The second kappa shape index (κ2) is 14.6. The number of hydrogen-bond donors (Lipinski definition) is 4. The Balaban J connectivity index is 0.000000644. The number of aliphatic imine (C=N–C) groups is 1. The zero-order chi connectivity index (χ0) is 34.4. The molecule has 0 radical (unpaired) electrons. The number of alkyl halides is 3. The fourth-order valence-electron chi connectivity index (χ4n) is 4.90. The molecule has 5 rings (SSSR count). The molecule has 2 aliphatic heterocycles. The lowest BCUT2D eigenvalue weighted by Gasteiger charge is -2.21. The topological polar surface area (TPSA) is 171 Å². The number of rotatable bonds is 10. The number of carbonyl (C=O) groups is 2. The van der Waals surface area contributed by atoms with Gasteiger partial charge in [-0.3, -0.25) is 14.5 Å². The summed E-state index contributed by atoms with van der Waals surface area (Å²) in [4.78, 5) is 24.9. The molecule has 1 fully saturated rings. The molecule has 2 heterocycles. The zero-order valence-corrected chi connectivity index (χ0v) is 26.1. The smallest absolute Gasteiger partial charge is 0.475 e. The van der Waals surface area contributed by atoms with Gasteiger partial charge in [0.1, 0.15) is 16.9 Å². The maximum Gasteiger partial charge on any atom is 0.490 e. The summed E-state index contributed by atoms with van der Waals surface area (Å²) in [7, 11) is -7.87. The van der Waals surface area contributed by atoms with Crippen LogP contribution in [0.2, 0.25) is 0 Å². The van der Waals surface area contributed by atoms with Crippen LogP contribution in [0.1, 0.15) is 34.8 Å². The van der Waals surface area contributed by atoms with E-state index in [-0.39, 0.29) is 23.8 Å². The minimum atomic E-state index is -5.08. The summed E-state index contributed by atoms with van der Waals surface area (Å²) in [5, 5.41) is 9.52. The van der Waals surface area contributed by atoms with E-state index < -0.39 is 55.2 Å². The molecular weight excluding hydrogens is 668 g/mol. The molecular formula is C30H30F4N4O7S2.